The van der Waals surface area contributed by atoms with Crippen LogP contribution in [-0.2, 0) is 18.9 Å². The number of aliphatic hydroxyl groups is 2. The molecule has 0 aliphatic heterocycles. The third kappa shape index (κ3) is 26.3. The lowest BCUT2D eigenvalue weighted by Gasteiger charge is -2.04. The number of aliphatic hydroxyl groups excluding tert-OH is 2. The van der Waals surface area contributed by atoms with E-state index < -0.39 is 0 Å². The van der Waals surface area contributed by atoms with Crippen molar-refractivity contribution in [1.29, 1.82) is 0 Å². The molecular weight excluding hydrogens is 264 g/mol. The first-order valence-electron chi connectivity index (χ1n) is 7.27. The van der Waals surface area contributed by atoms with Gasteiger partial charge >= 0.3 is 0 Å². The molecule has 0 aliphatic carbocycles. The van der Waals surface area contributed by atoms with E-state index in [1.165, 1.54) is 19.3 Å². The van der Waals surface area contributed by atoms with Gasteiger partial charge in [0.15, 0.2) is 0 Å². The van der Waals surface area contributed by atoms with Crippen LogP contribution in [0.1, 0.15) is 26.2 Å². The minimum Gasteiger partial charge on any atom is -0.394 e. The molecule has 0 amide bonds. The van der Waals surface area contributed by atoms with Gasteiger partial charge in [0.05, 0.1) is 52.9 Å². The molecule has 0 unspecified atom stereocenters. The minimum atomic E-state index is 0.0413. The Bertz CT molecular complexity index is 132. The molecule has 6 nitrogen and oxygen atoms in total. The third-order valence-corrected chi connectivity index (χ3v) is 2.17. The molecule has 20 heavy (non-hydrogen) atoms. The second kappa shape index (κ2) is 23.8. The highest BCUT2D eigenvalue weighted by molar-refractivity contribution is 4.33. The first kappa shape index (κ1) is 22.0. The van der Waals surface area contributed by atoms with Crippen molar-refractivity contribution in [2.45, 2.75) is 26.2 Å². The van der Waals surface area contributed by atoms with Crippen molar-refractivity contribution < 1.29 is 29.2 Å². The first-order valence-corrected chi connectivity index (χ1v) is 7.27. The molecule has 0 aliphatic rings. The molecule has 2 N–H and O–H groups in total. The summed E-state index contributed by atoms with van der Waals surface area (Å²) in [5.41, 5.74) is 0. The fourth-order valence-corrected chi connectivity index (χ4v) is 1.17. The standard InChI is InChI=1S/C8H18O5.C6H14O/c9-1-3-11-5-7-13-8-6-12-4-2-10;1-3-4-5-6-7-2/h9-10H,1-8H2;3-6H2,1-2H3. The summed E-state index contributed by atoms with van der Waals surface area (Å²) in [6.07, 6.45) is 3.80. The van der Waals surface area contributed by atoms with Crippen LogP contribution in [0.5, 0.6) is 0 Å². The lowest BCUT2D eigenvalue weighted by atomic mass is 10.3. The van der Waals surface area contributed by atoms with Crippen LogP contribution in [0.3, 0.4) is 0 Å². The van der Waals surface area contributed by atoms with Crippen molar-refractivity contribution in [1.82, 2.24) is 0 Å². The summed E-state index contributed by atoms with van der Waals surface area (Å²) in [6.45, 7) is 5.88. The maximum absolute atomic E-state index is 8.36. The number of ether oxygens (including phenoxy) is 4. The Labute approximate surface area is 123 Å². The number of methoxy groups -OCH3 is 1. The number of hydrogen-bond donors (Lipinski definition) is 2. The van der Waals surface area contributed by atoms with E-state index in [-0.39, 0.29) is 13.2 Å². The van der Waals surface area contributed by atoms with Crippen LogP contribution in [0.4, 0.5) is 0 Å². The van der Waals surface area contributed by atoms with Crippen LogP contribution < -0.4 is 0 Å². The fourth-order valence-electron chi connectivity index (χ4n) is 1.17. The van der Waals surface area contributed by atoms with Crippen molar-refractivity contribution in [3.63, 3.8) is 0 Å². The van der Waals surface area contributed by atoms with Gasteiger partial charge in [0.2, 0.25) is 0 Å². The molecule has 0 rings (SSSR count). The van der Waals surface area contributed by atoms with Gasteiger partial charge < -0.3 is 29.2 Å². The van der Waals surface area contributed by atoms with Gasteiger partial charge in [-0.25, -0.2) is 0 Å². The molecule has 0 atom stereocenters. The van der Waals surface area contributed by atoms with Crippen LogP contribution in [0.15, 0.2) is 0 Å². The zero-order chi connectivity index (χ0) is 15.3. The molecule has 124 valence electrons. The van der Waals surface area contributed by atoms with E-state index in [1.54, 1.807) is 7.11 Å². The molecule has 0 saturated heterocycles. The van der Waals surface area contributed by atoms with Crippen molar-refractivity contribution >= 4 is 0 Å². The van der Waals surface area contributed by atoms with Gasteiger partial charge in [-0.05, 0) is 6.42 Å². The highest BCUT2D eigenvalue weighted by Gasteiger charge is 1.89. The zero-order valence-corrected chi connectivity index (χ0v) is 13.0. The Morgan fingerprint density at radius 3 is 1.45 bits per heavy atom. The van der Waals surface area contributed by atoms with E-state index in [2.05, 4.69) is 6.92 Å². The Balaban J connectivity index is 0. The maximum Gasteiger partial charge on any atom is 0.0701 e. The quantitative estimate of drug-likeness (QED) is 0.463. The normalized spacial score (nSPS) is 10.2. The minimum absolute atomic E-state index is 0.0413. The molecule has 0 fully saturated rings. The molecule has 0 radical (unpaired) electrons. The first-order chi connectivity index (χ1) is 9.83. The summed E-state index contributed by atoms with van der Waals surface area (Å²) in [7, 11) is 1.75. The van der Waals surface area contributed by atoms with Crippen molar-refractivity contribution in [3.8, 4) is 0 Å². The lowest BCUT2D eigenvalue weighted by Crippen LogP contribution is -2.11. The van der Waals surface area contributed by atoms with Crippen molar-refractivity contribution in [2.24, 2.45) is 0 Å². The highest BCUT2D eigenvalue weighted by Crippen LogP contribution is 1.91. The predicted molar refractivity (Wildman–Crippen MR) is 78.0 cm³/mol. The maximum atomic E-state index is 8.36. The average molecular weight is 296 g/mol. The second-order valence-corrected chi connectivity index (χ2v) is 3.98. The van der Waals surface area contributed by atoms with Crippen LogP contribution in [0.25, 0.3) is 0 Å². The van der Waals surface area contributed by atoms with Crippen molar-refractivity contribution in [2.75, 3.05) is 66.6 Å². The Kier molecular flexibility index (Phi) is 26.3. The van der Waals surface area contributed by atoms with E-state index in [9.17, 15) is 0 Å². The Morgan fingerprint density at radius 1 is 0.650 bits per heavy atom. The summed E-state index contributed by atoms with van der Waals surface area (Å²) in [5.74, 6) is 0. The molecule has 0 saturated carbocycles. The largest absolute Gasteiger partial charge is 0.394 e. The van der Waals surface area contributed by atoms with Gasteiger partial charge in [-0.3, -0.25) is 0 Å². The molecule has 0 bridgehead atoms. The molecule has 0 spiro atoms. The third-order valence-electron chi connectivity index (χ3n) is 2.17. The average Bonchev–Trinajstić information content (AvgIpc) is 2.47. The molecule has 0 aromatic rings. The van der Waals surface area contributed by atoms with Crippen LogP contribution >= 0.6 is 0 Å². The second-order valence-electron chi connectivity index (χ2n) is 3.98. The smallest absolute Gasteiger partial charge is 0.0701 e. The number of hydrogen-bond acceptors (Lipinski definition) is 6. The summed E-state index contributed by atoms with van der Waals surface area (Å²) >= 11 is 0. The zero-order valence-electron chi connectivity index (χ0n) is 13.0. The van der Waals surface area contributed by atoms with Gasteiger partial charge in [-0.15, -0.1) is 0 Å². The summed E-state index contributed by atoms with van der Waals surface area (Å²) in [4.78, 5) is 0. The van der Waals surface area contributed by atoms with E-state index in [1.807, 2.05) is 0 Å². The SMILES string of the molecule is CCCCCOC.OCCOCCOCCOCCO. The fraction of sp³-hybridized carbons (Fsp3) is 1.00. The van der Waals surface area contributed by atoms with Gasteiger partial charge in [0, 0.05) is 13.7 Å². The molecule has 0 aromatic heterocycles. The van der Waals surface area contributed by atoms with E-state index in [0.29, 0.717) is 39.6 Å². The highest BCUT2D eigenvalue weighted by atomic mass is 16.5. The van der Waals surface area contributed by atoms with Gasteiger partial charge in [0.1, 0.15) is 0 Å². The predicted octanol–water partition coefficient (Wildman–Crippen LogP) is 0.844. The van der Waals surface area contributed by atoms with E-state index in [4.69, 9.17) is 29.2 Å². The van der Waals surface area contributed by atoms with Gasteiger partial charge in [0.25, 0.3) is 0 Å². The van der Waals surface area contributed by atoms with Crippen LogP contribution in [-0.4, -0.2) is 76.8 Å². The topological polar surface area (TPSA) is 77.4 Å². The van der Waals surface area contributed by atoms with Gasteiger partial charge in [-0.1, -0.05) is 19.8 Å². The van der Waals surface area contributed by atoms with Gasteiger partial charge in [-0.2, -0.15) is 0 Å². The Morgan fingerprint density at radius 2 is 1.10 bits per heavy atom. The lowest BCUT2D eigenvalue weighted by molar-refractivity contribution is 0.00230. The van der Waals surface area contributed by atoms with E-state index >= 15 is 0 Å². The van der Waals surface area contributed by atoms with Crippen LogP contribution in [0, 0.1) is 0 Å². The molecular formula is C14H32O6. The monoisotopic (exact) mass is 296 g/mol. The summed E-state index contributed by atoms with van der Waals surface area (Å²) in [6, 6.07) is 0. The van der Waals surface area contributed by atoms with Crippen LogP contribution in [0.2, 0.25) is 0 Å². The van der Waals surface area contributed by atoms with E-state index in [0.717, 1.165) is 6.61 Å². The summed E-state index contributed by atoms with van der Waals surface area (Å²) < 4.78 is 19.9. The van der Waals surface area contributed by atoms with Crippen molar-refractivity contribution in [3.05, 3.63) is 0 Å². The summed E-state index contributed by atoms with van der Waals surface area (Å²) in [5, 5.41) is 16.7. The molecule has 0 heterocycles. The number of unbranched alkanes of at least 4 members (excludes halogenated alkanes) is 2. The molecule has 6 heteroatoms. The molecule has 0 aromatic carbocycles. The number of rotatable bonds is 14. The Hall–Kier alpha value is -0.240.